The summed E-state index contributed by atoms with van der Waals surface area (Å²) < 4.78 is 32.3. The normalized spacial score (nSPS) is 11.7. The molecule has 0 heterocycles. The van der Waals surface area contributed by atoms with Crippen LogP contribution >= 0.6 is 0 Å². The Labute approximate surface area is 154 Å². The predicted octanol–water partition coefficient (Wildman–Crippen LogP) is 4.19. The van der Waals surface area contributed by atoms with Gasteiger partial charge in [-0.05, 0) is 54.3 Å². The van der Waals surface area contributed by atoms with Crippen molar-refractivity contribution in [2.45, 2.75) is 31.6 Å². The van der Waals surface area contributed by atoms with E-state index < -0.39 is 16.0 Å². The average molecular weight is 373 g/mol. The standard InChI is InChI=1S/C20H23NO4S/c1-4-25-20(22)14-7-16-5-10-18(11-6-16)21-26(23,24)19-12-8-17(9-13-19)15(2)3/h5-15,21H,4H2,1-3H3/b14-7+. The zero-order valence-electron chi connectivity index (χ0n) is 15.1. The Balaban J connectivity index is 2.08. The zero-order valence-corrected chi connectivity index (χ0v) is 15.9. The SMILES string of the molecule is CCOC(=O)/C=C/c1ccc(NS(=O)(=O)c2ccc(C(C)C)cc2)cc1. The summed E-state index contributed by atoms with van der Waals surface area (Å²) in [7, 11) is -3.64. The number of hydrogen-bond donors (Lipinski definition) is 1. The fourth-order valence-corrected chi connectivity index (χ4v) is 3.32. The summed E-state index contributed by atoms with van der Waals surface area (Å²) in [5.74, 6) is -0.0722. The van der Waals surface area contributed by atoms with Gasteiger partial charge in [0.05, 0.1) is 11.5 Å². The topological polar surface area (TPSA) is 72.5 Å². The molecule has 0 radical (unpaired) electrons. The summed E-state index contributed by atoms with van der Waals surface area (Å²) in [5, 5.41) is 0. The van der Waals surface area contributed by atoms with Gasteiger partial charge in [0, 0.05) is 11.8 Å². The van der Waals surface area contributed by atoms with E-state index in [1.165, 1.54) is 6.08 Å². The van der Waals surface area contributed by atoms with Crippen molar-refractivity contribution in [3.8, 4) is 0 Å². The summed E-state index contributed by atoms with van der Waals surface area (Å²) in [4.78, 5) is 11.5. The molecule has 2 rings (SSSR count). The molecule has 6 heteroatoms. The molecule has 0 saturated heterocycles. The molecule has 0 fully saturated rings. The maximum atomic E-state index is 12.5. The number of rotatable bonds is 7. The van der Waals surface area contributed by atoms with Crippen LogP contribution in [0, 0.1) is 0 Å². The van der Waals surface area contributed by atoms with E-state index in [9.17, 15) is 13.2 Å². The van der Waals surface area contributed by atoms with Crippen molar-refractivity contribution in [3.63, 3.8) is 0 Å². The molecule has 0 aliphatic carbocycles. The Hall–Kier alpha value is -2.60. The number of ether oxygens (including phenoxy) is 1. The van der Waals surface area contributed by atoms with Gasteiger partial charge in [-0.1, -0.05) is 38.1 Å². The molecule has 0 aliphatic rings. The molecule has 0 spiro atoms. The second-order valence-electron chi connectivity index (χ2n) is 6.04. The number of carbonyl (C=O) groups excluding carboxylic acids is 1. The van der Waals surface area contributed by atoms with Gasteiger partial charge in [-0.3, -0.25) is 4.72 Å². The van der Waals surface area contributed by atoms with Gasteiger partial charge in [0.2, 0.25) is 0 Å². The third kappa shape index (κ3) is 5.46. The fraction of sp³-hybridized carbons (Fsp3) is 0.250. The van der Waals surface area contributed by atoms with Crippen molar-refractivity contribution in [2.75, 3.05) is 11.3 Å². The molecule has 26 heavy (non-hydrogen) atoms. The molecule has 138 valence electrons. The Kier molecular flexibility index (Phi) is 6.58. The highest BCUT2D eigenvalue weighted by atomic mass is 32.2. The van der Waals surface area contributed by atoms with Gasteiger partial charge >= 0.3 is 5.97 Å². The van der Waals surface area contributed by atoms with Gasteiger partial charge in [-0.2, -0.15) is 0 Å². The van der Waals surface area contributed by atoms with Crippen LogP contribution in [0.1, 0.15) is 37.8 Å². The van der Waals surface area contributed by atoms with Crippen LogP contribution in [0.15, 0.2) is 59.5 Å². The second-order valence-corrected chi connectivity index (χ2v) is 7.72. The smallest absolute Gasteiger partial charge is 0.330 e. The number of benzene rings is 2. The van der Waals surface area contributed by atoms with E-state index in [0.29, 0.717) is 18.2 Å². The number of hydrogen-bond acceptors (Lipinski definition) is 4. The van der Waals surface area contributed by atoms with E-state index in [1.54, 1.807) is 49.4 Å². The molecule has 0 aromatic heterocycles. The first kappa shape index (κ1) is 19.7. The number of esters is 1. The Morgan fingerprint density at radius 2 is 1.69 bits per heavy atom. The van der Waals surface area contributed by atoms with Crippen molar-refractivity contribution >= 4 is 27.8 Å². The quantitative estimate of drug-likeness (QED) is 0.583. The Morgan fingerprint density at radius 3 is 2.23 bits per heavy atom. The van der Waals surface area contributed by atoms with Crippen LogP contribution in [-0.2, 0) is 19.6 Å². The lowest BCUT2D eigenvalue weighted by molar-refractivity contribution is -0.137. The van der Waals surface area contributed by atoms with Crippen LogP contribution in [0.5, 0.6) is 0 Å². The summed E-state index contributed by atoms with van der Waals surface area (Å²) in [5.41, 5.74) is 2.30. The molecule has 0 unspecified atom stereocenters. The van der Waals surface area contributed by atoms with Crippen LogP contribution in [0.4, 0.5) is 5.69 Å². The number of carbonyl (C=O) groups is 1. The maximum absolute atomic E-state index is 12.5. The Morgan fingerprint density at radius 1 is 1.08 bits per heavy atom. The van der Waals surface area contributed by atoms with Gasteiger partial charge in [-0.15, -0.1) is 0 Å². The highest BCUT2D eigenvalue weighted by Crippen LogP contribution is 2.20. The fourth-order valence-electron chi connectivity index (χ4n) is 2.26. The van der Waals surface area contributed by atoms with Crippen LogP contribution in [0.3, 0.4) is 0 Å². The van der Waals surface area contributed by atoms with Crippen molar-refractivity contribution in [1.29, 1.82) is 0 Å². The molecule has 0 aliphatic heterocycles. The molecule has 0 atom stereocenters. The Bertz CT molecular complexity index is 867. The van der Waals surface area contributed by atoms with Gasteiger partial charge in [0.25, 0.3) is 10.0 Å². The van der Waals surface area contributed by atoms with Gasteiger partial charge in [0.15, 0.2) is 0 Å². The minimum Gasteiger partial charge on any atom is -0.463 e. The lowest BCUT2D eigenvalue weighted by Crippen LogP contribution is -2.12. The molecule has 2 aromatic rings. The lowest BCUT2D eigenvalue weighted by Gasteiger charge is -2.10. The van der Waals surface area contributed by atoms with Crippen LogP contribution in [-0.4, -0.2) is 21.0 Å². The molecule has 2 aromatic carbocycles. The van der Waals surface area contributed by atoms with Gasteiger partial charge in [0.1, 0.15) is 0 Å². The molecule has 0 amide bonds. The third-order valence-electron chi connectivity index (χ3n) is 3.72. The zero-order chi connectivity index (χ0) is 19.2. The first-order valence-corrected chi connectivity index (χ1v) is 9.88. The van der Waals surface area contributed by atoms with E-state index in [2.05, 4.69) is 18.6 Å². The van der Waals surface area contributed by atoms with Crippen LogP contribution in [0.25, 0.3) is 6.08 Å². The first-order chi connectivity index (χ1) is 12.3. The van der Waals surface area contributed by atoms with E-state index in [-0.39, 0.29) is 4.90 Å². The maximum Gasteiger partial charge on any atom is 0.330 e. The predicted molar refractivity (Wildman–Crippen MR) is 103 cm³/mol. The molecular weight excluding hydrogens is 350 g/mol. The third-order valence-corrected chi connectivity index (χ3v) is 5.12. The van der Waals surface area contributed by atoms with E-state index in [1.807, 2.05) is 12.1 Å². The first-order valence-electron chi connectivity index (χ1n) is 8.39. The average Bonchev–Trinajstić information content (AvgIpc) is 2.61. The van der Waals surface area contributed by atoms with Crippen molar-refractivity contribution < 1.29 is 17.9 Å². The van der Waals surface area contributed by atoms with Gasteiger partial charge in [-0.25, -0.2) is 13.2 Å². The molecule has 0 bridgehead atoms. The van der Waals surface area contributed by atoms with E-state index >= 15 is 0 Å². The minimum atomic E-state index is -3.64. The molecule has 5 nitrogen and oxygen atoms in total. The monoisotopic (exact) mass is 373 g/mol. The van der Waals surface area contributed by atoms with Crippen molar-refractivity contribution in [3.05, 3.63) is 65.7 Å². The number of anilines is 1. The minimum absolute atomic E-state index is 0.216. The summed E-state index contributed by atoms with van der Waals surface area (Å²) in [6.07, 6.45) is 2.94. The van der Waals surface area contributed by atoms with E-state index in [4.69, 9.17) is 4.74 Å². The molecule has 1 N–H and O–H groups in total. The van der Waals surface area contributed by atoms with Crippen molar-refractivity contribution in [2.24, 2.45) is 0 Å². The lowest BCUT2D eigenvalue weighted by atomic mass is 10.0. The second kappa shape index (κ2) is 8.67. The van der Waals surface area contributed by atoms with Gasteiger partial charge < -0.3 is 4.74 Å². The summed E-state index contributed by atoms with van der Waals surface area (Å²) >= 11 is 0. The molecular formula is C20H23NO4S. The number of nitrogens with one attached hydrogen (secondary N) is 1. The van der Waals surface area contributed by atoms with E-state index in [0.717, 1.165) is 11.1 Å². The van der Waals surface area contributed by atoms with Crippen LogP contribution in [0.2, 0.25) is 0 Å². The summed E-state index contributed by atoms with van der Waals surface area (Å²) in [6, 6.07) is 13.6. The summed E-state index contributed by atoms with van der Waals surface area (Å²) in [6.45, 7) is 6.17. The highest BCUT2D eigenvalue weighted by molar-refractivity contribution is 7.92. The molecule has 0 saturated carbocycles. The largest absolute Gasteiger partial charge is 0.463 e. The van der Waals surface area contributed by atoms with Crippen molar-refractivity contribution in [1.82, 2.24) is 0 Å². The number of sulfonamides is 1. The van der Waals surface area contributed by atoms with Crippen LogP contribution < -0.4 is 4.72 Å². The highest BCUT2D eigenvalue weighted by Gasteiger charge is 2.14.